The van der Waals surface area contributed by atoms with Gasteiger partial charge in [0.15, 0.2) is 0 Å². The van der Waals surface area contributed by atoms with Crippen molar-refractivity contribution < 1.29 is 4.74 Å². The van der Waals surface area contributed by atoms with Crippen molar-refractivity contribution in [3.8, 4) is 5.75 Å². The topological polar surface area (TPSA) is 9.23 Å². The van der Waals surface area contributed by atoms with Gasteiger partial charge in [-0.05, 0) is 54.3 Å². The standard InChI is InChI=1S/C16H16Br2O/c1-11-7-13(10-14(17)8-11)16(18)9-12-3-5-15(19-2)6-4-12/h3-8,10,16H,9H2,1-2H3. The summed E-state index contributed by atoms with van der Waals surface area (Å²) in [6.07, 6.45) is 0.958. The summed E-state index contributed by atoms with van der Waals surface area (Å²) in [5.41, 5.74) is 3.85. The number of hydrogen-bond acceptors (Lipinski definition) is 1. The normalized spacial score (nSPS) is 12.2. The van der Waals surface area contributed by atoms with Crippen LogP contribution in [0.25, 0.3) is 0 Å². The molecule has 1 atom stereocenters. The van der Waals surface area contributed by atoms with Gasteiger partial charge >= 0.3 is 0 Å². The van der Waals surface area contributed by atoms with Crippen LogP contribution in [-0.4, -0.2) is 7.11 Å². The van der Waals surface area contributed by atoms with Crippen molar-refractivity contribution in [3.05, 3.63) is 63.6 Å². The molecule has 0 aliphatic carbocycles. The molecular formula is C16H16Br2O. The molecule has 0 saturated carbocycles. The van der Waals surface area contributed by atoms with Crippen LogP contribution in [0.5, 0.6) is 5.75 Å². The van der Waals surface area contributed by atoms with Gasteiger partial charge in [0.25, 0.3) is 0 Å². The summed E-state index contributed by atoms with van der Waals surface area (Å²) < 4.78 is 6.30. The first-order valence-corrected chi connectivity index (χ1v) is 7.83. The van der Waals surface area contributed by atoms with Crippen molar-refractivity contribution in [1.82, 2.24) is 0 Å². The molecule has 0 fully saturated rings. The Bertz CT molecular complexity index is 529. The van der Waals surface area contributed by atoms with Crippen LogP contribution in [-0.2, 0) is 6.42 Å². The third-order valence-electron chi connectivity index (χ3n) is 3.00. The summed E-state index contributed by atoms with van der Waals surface area (Å²) in [5, 5.41) is 0. The molecule has 1 unspecified atom stereocenters. The highest BCUT2D eigenvalue weighted by Gasteiger charge is 2.10. The Balaban J connectivity index is 2.13. The van der Waals surface area contributed by atoms with E-state index in [1.54, 1.807) is 7.11 Å². The Hall–Kier alpha value is -0.800. The van der Waals surface area contributed by atoms with Crippen molar-refractivity contribution >= 4 is 31.9 Å². The van der Waals surface area contributed by atoms with Crippen molar-refractivity contribution in [2.75, 3.05) is 7.11 Å². The molecule has 2 rings (SSSR count). The lowest BCUT2D eigenvalue weighted by atomic mass is 10.0. The zero-order valence-electron chi connectivity index (χ0n) is 11.0. The lowest BCUT2D eigenvalue weighted by molar-refractivity contribution is 0.414. The number of alkyl halides is 1. The molecule has 0 saturated heterocycles. The summed E-state index contributed by atoms with van der Waals surface area (Å²) in [6, 6.07) is 14.7. The Morgan fingerprint density at radius 2 is 1.79 bits per heavy atom. The SMILES string of the molecule is COc1ccc(CC(Br)c2cc(C)cc(Br)c2)cc1. The molecule has 0 aliphatic rings. The summed E-state index contributed by atoms with van der Waals surface area (Å²) in [7, 11) is 1.69. The number of aryl methyl sites for hydroxylation is 1. The third kappa shape index (κ3) is 4.08. The van der Waals surface area contributed by atoms with E-state index in [4.69, 9.17) is 4.74 Å². The maximum absolute atomic E-state index is 5.17. The van der Waals surface area contributed by atoms with E-state index in [-0.39, 0.29) is 0 Å². The predicted molar refractivity (Wildman–Crippen MR) is 87.2 cm³/mol. The van der Waals surface area contributed by atoms with E-state index in [0.717, 1.165) is 16.6 Å². The van der Waals surface area contributed by atoms with Crippen molar-refractivity contribution in [3.63, 3.8) is 0 Å². The molecule has 0 aromatic heterocycles. The maximum Gasteiger partial charge on any atom is 0.118 e. The van der Waals surface area contributed by atoms with E-state index in [1.165, 1.54) is 16.7 Å². The monoisotopic (exact) mass is 382 g/mol. The van der Waals surface area contributed by atoms with Crippen LogP contribution in [0.1, 0.15) is 21.5 Å². The molecule has 0 N–H and O–H groups in total. The number of hydrogen-bond donors (Lipinski definition) is 0. The van der Waals surface area contributed by atoms with Crippen LogP contribution < -0.4 is 4.74 Å². The lowest BCUT2D eigenvalue weighted by Gasteiger charge is -2.12. The lowest BCUT2D eigenvalue weighted by Crippen LogP contribution is -1.96. The van der Waals surface area contributed by atoms with Crippen molar-refractivity contribution in [2.45, 2.75) is 18.2 Å². The number of halogens is 2. The Morgan fingerprint density at radius 1 is 1.11 bits per heavy atom. The number of rotatable bonds is 4. The van der Waals surface area contributed by atoms with Crippen LogP contribution in [0.15, 0.2) is 46.9 Å². The molecule has 0 spiro atoms. The average Bonchev–Trinajstić information content (AvgIpc) is 2.38. The molecular weight excluding hydrogens is 368 g/mol. The Kier molecular flexibility index (Phi) is 5.06. The molecule has 2 aromatic carbocycles. The van der Waals surface area contributed by atoms with Gasteiger partial charge in [-0.3, -0.25) is 0 Å². The van der Waals surface area contributed by atoms with Gasteiger partial charge in [0.2, 0.25) is 0 Å². The molecule has 100 valence electrons. The smallest absolute Gasteiger partial charge is 0.118 e. The van der Waals surface area contributed by atoms with Gasteiger partial charge in [-0.15, -0.1) is 0 Å². The van der Waals surface area contributed by atoms with Crippen molar-refractivity contribution in [2.24, 2.45) is 0 Å². The highest BCUT2D eigenvalue weighted by molar-refractivity contribution is 9.10. The second kappa shape index (κ2) is 6.58. The number of methoxy groups -OCH3 is 1. The quantitative estimate of drug-likeness (QED) is 0.638. The minimum Gasteiger partial charge on any atom is -0.497 e. The van der Waals surface area contributed by atoms with Gasteiger partial charge in [-0.2, -0.15) is 0 Å². The van der Waals surface area contributed by atoms with Crippen LogP contribution in [0, 0.1) is 6.92 Å². The van der Waals surface area contributed by atoms with E-state index >= 15 is 0 Å². The maximum atomic E-state index is 5.17. The fraction of sp³-hybridized carbons (Fsp3) is 0.250. The summed E-state index contributed by atoms with van der Waals surface area (Å²) in [5.74, 6) is 0.896. The minimum absolute atomic E-state index is 0.317. The van der Waals surface area contributed by atoms with Crippen LogP contribution in [0.2, 0.25) is 0 Å². The largest absolute Gasteiger partial charge is 0.497 e. The van der Waals surface area contributed by atoms with Crippen LogP contribution in [0.4, 0.5) is 0 Å². The third-order valence-corrected chi connectivity index (χ3v) is 4.31. The molecule has 0 heterocycles. The van der Waals surface area contributed by atoms with Crippen LogP contribution in [0.3, 0.4) is 0 Å². The molecule has 0 bridgehead atoms. The molecule has 19 heavy (non-hydrogen) atoms. The highest BCUT2D eigenvalue weighted by atomic mass is 79.9. The van der Waals surface area contributed by atoms with E-state index in [2.05, 4.69) is 69.1 Å². The molecule has 2 aromatic rings. The van der Waals surface area contributed by atoms with Crippen molar-refractivity contribution in [1.29, 1.82) is 0 Å². The van der Waals surface area contributed by atoms with Gasteiger partial charge in [-0.1, -0.05) is 50.1 Å². The zero-order chi connectivity index (χ0) is 13.8. The second-order valence-corrected chi connectivity index (χ2v) is 6.60. The Labute approximate surface area is 131 Å². The number of benzene rings is 2. The van der Waals surface area contributed by atoms with Gasteiger partial charge in [0, 0.05) is 9.30 Å². The fourth-order valence-electron chi connectivity index (χ4n) is 2.03. The summed E-state index contributed by atoms with van der Waals surface area (Å²) in [4.78, 5) is 0.317. The fourth-order valence-corrected chi connectivity index (χ4v) is 3.30. The highest BCUT2D eigenvalue weighted by Crippen LogP contribution is 2.30. The molecule has 0 amide bonds. The van der Waals surface area contributed by atoms with Gasteiger partial charge in [0.05, 0.1) is 7.11 Å². The molecule has 0 radical (unpaired) electrons. The number of ether oxygens (including phenoxy) is 1. The average molecular weight is 384 g/mol. The van der Waals surface area contributed by atoms with E-state index in [1.807, 2.05) is 12.1 Å². The predicted octanol–water partition coefficient (Wildman–Crippen LogP) is 5.44. The molecule has 1 nitrogen and oxygen atoms in total. The first kappa shape index (κ1) is 14.6. The molecule has 3 heteroatoms. The first-order valence-electron chi connectivity index (χ1n) is 6.12. The summed E-state index contributed by atoms with van der Waals surface area (Å²) >= 11 is 7.32. The van der Waals surface area contributed by atoms with Gasteiger partial charge in [-0.25, -0.2) is 0 Å². The zero-order valence-corrected chi connectivity index (χ0v) is 14.2. The van der Waals surface area contributed by atoms with Gasteiger partial charge < -0.3 is 4.74 Å². The van der Waals surface area contributed by atoms with Crippen LogP contribution >= 0.6 is 31.9 Å². The summed E-state index contributed by atoms with van der Waals surface area (Å²) in [6.45, 7) is 2.11. The Morgan fingerprint density at radius 3 is 2.37 bits per heavy atom. The first-order chi connectivity index (χ1) is 9.08. The van der Waals surface area contributed by atoms with E-state index in [9.17, 15) is 0 Å². The van der Waals surface area contributed by atoms with Gasteiger partial charge in [0.1, 0.15) is 5.75 Å². The van der Waals surface area contributed by atoms with E-state index < -0.39 is 0 Å². The minimum atomic E-state index is 0.317. The van der Waals surface area contributed by atoms with E-state index in [0.29, 0.717) is 4.83 Å². The molecule has 0 aliphatic heterocycles. The second-order valence-electron chi connectivity index (χ2n) is 4.58.